The summed E-state index contributed by atoms with van der Waals surface area (Å²) < 4.78 is 0. The van der Waals surface area contributed by atoms with E-state index in [4.69, 9.17) is 5.26 Å². The topological polar surface area (TPSA) is 65.8 Å². The van der Waals surface area contributed by atoms with Crippen LogP contribution in [0.2, 0.25) is 0 Å². The molecule has 0 saturated heterocycles. The van der Waals surface area contributed by atoms with Gasteiger partial charge in [0.1, 0.15) is 11.7 Å². The number of nitrogens with one attached hydrogen (secondary N) is 1. The van der Waals surface area contributed by atoms with Crippen LogP contribution >= 0.6 is 0 Å². The van der Waals surface area contributed by atoms with Crippen molar-refractivity contribution in [1.82, 2.24) is 4.98 Å². The van der Waals surface area contributed by atoms with Crippen molar-refractivity contribution in [2.45, 2.75) is 19.8 Å². The summed E-state index contributed by atoms with van der Waals surface area (Å²) in [5.41, 5.74) is 0. The van der Waals surface area contributed by atoms with Crippen molar-refractivity contribution in [3.8, 4) is 6.07 Å². The number of carbonyl (C=O) groups excluding carboxylic acids is 1. The normalized spacial score (nSPS) is 11.5. The number of pyridine rings is 1. The molecule has 4 nitrogen and oxygen atoms in total. The molecule has 1 rings (SSSR count). The highest BCUT2D eigenvalue weighted by Crippen LogP contribution is 2.08. The molecule has 15 heavy (non-hydrogen) atoms. The lowest BCUT2D eigenvalue weighted by molar-refractivity contribution is -0.118. The van der Waals surface area contributed by atoms with Gasteiger partial charge in [0, 0.05) is 6.20 Å². The third-order valence-corrected chi connectivity index (χ3v) is 1.97. The van der Waals surface area contributed by atoms with Gasteiger partial charge in [0.2, 0.25) is 5.91 Å². The second kappa shape index (κ2) is 5.76. The van der Waals surface area contributed by atoms with E-state index in [0.29, 0.717) is 12.2 Å². The minimum Gasteiger partial charge on any atom is -0.310 e. The van der Waals surface area contributed by atoms with Gasteiger partial charge in [-0.05, 0) is 18.6 Å². The van der Waals surface area contributed by atoms with Crippen LogP contribution in [-0.2, 0) is 4.79 Å². The molecule has 1 unspecified atom stereocenters. The third-order valence-electron chi connectivity index (χ3n) is 1.97. The van der Waals surface area contributed by atoms with Crippen molar-refractivity contribution >= 4 is 11.7 Å². The van der Waals surface area contributed by atoms with Crippen LogP contribution in [0.4, 0.5) is 5.82 Å². The first-order valence-corrected chi connectivity index (χ1v) is 4.89. The Hall–Kier alpha value is -1.89. The fraction of sp³-hybridized carbons (Fsp3) is 0.364. The highest BCUT2D eigenvalue weighted by Gasteiger charge is 2.16. The van der Waals surface area contributed by atoms with Gasteiger partial charge in [-0.2, -0.15) is 5.26 Å². The largest absolute Gasteiger partial charge is 0.310 e. The summed E-state index contributed by atoms with van der Waals surface area (Å²) >= 11 is 0. The molecule has 0 aliphatic heterocycles. The highest BCUT2D eigenvalue weighted by atomic mass is 16.1. The molecule has 0 fully saturated rings. The van der Waals surface area contributed by atoms with Gasteiger partial charge in [0.15, 0.2) is 0 Å². The molecule has 0 bridgehead atoms. The third kappa shape index (κ3) is 3.39. The van der Waals surface area contributed by atoms with E-state index in [1.54, 1.807) is 24.4 Å². The molecular formula is C11H13N3O. The summed E-state index contributed by atoms with van der Waals surface area (Å²) in [6.07, 6.45) is 2.99. The van der Waals surface area contributed by atoms with Crippen LogP contribution < -0.4 is 5.32 Å². The second-order valence-electron chi connectivity index (χ2n) is 3.17. The zero-order chi connectivity index (χ0) is 11.1. The number of carbonyl (C=O) groups is 1. The van der Waals surface area contributed by atoms with E-state index in [2.05, 4.69) is 10.3 Å². The zero-order valence-electron chi connectivity index (χ0n) is 8.60. The average Bonchev–Trinajstić information content (AvgIpc) is 2.27. The van der Waals surface area contributed by atoms with E-state index >= 15 is 0 Å². The monoisotopic (exact) mass is 203 g/mol. The van der Waals surface area contributed by atoms with Gasteiger partial charge in [-0.25, -0.2) is 4.98 Å². The van der Waals surface area contributed by atoms with E-state index in [1.165, 1.54) is 0 Å². The Bertz CT molecular complexity index is 356. The van der Waals surface area contributed by atoms with Crippen molar-refractivity contribution < 1.29 is 4.79 Å². The van der Waals surface area contributed by atoms with Crippen molar-refractivity contribution in [2.75, 3.05) is 5.32 Å². The van der Waals surface area contributed by atoms with Gasteiger partial charge in [-0.1, -0.05) is 19.4 Å². The lowest BCUT2D eigenvalue weighted by atomic mass is 10.1. The van der Waals surface area contributed by atoms with Crippen LogP contribution in [0.15, 0.2) is 24.4 Å². The Labute approximate surface area is 88.9 Å². The number of rotatable bonds is 4. The maximum atomic E-state index is 11.6. The molecule has 78 valence electrons. The predicted molar refractivity (Wildman–Crippen MR) is 56.9 cm³/mol. The minimum absolute atomic E-state index is 0.280. The first-order chi connectivity index (χ1) is 7.27. The molecule has 1 aromatic rings. The molecule has 0 spiro atoms. The van der Waals surface area contributed by atoms with E-state index < -0.39 is 5.92 Å². The smallest absolute Gasteiger partial charge is 0.242 e. The number of anilines is 1. The van der Waals surface area contributed by atoms with Crippen LogP contribution in [0.1, 0.15) is 19.8 Å². The number of nitriles is 1. The SMILES string of the molecule is CCCC(C#N)C(=O)Nc1ccccn1. The Kier molecular flexibility index (Phi) is 4.30. The average molecular weight is 203 g/mol. The van der Waals surface area contributed by atoms with Crippen LogP contribution in [0.3, 0.4) is 0 Å². The molecule has 0 aromatic carbocycles. The summed E-state index contributed by atoms with van der Waals surface area (Å²) in [4.78, 5) is 15.5. The molecule has 1 heterocycles. The second-order valence-corrected chi connectivity index (χ2v) is 3.17. The van der Waals surface area contributed by atoms with Crippen LogP contribution in [0.5, 0.6) is 0 Å². The molecule has 1 aromatic heterocycles. The Balaban J connectivity index is 2.59. The first-order valence-electron chi connectivity index (χ1n) is 4.89. The minimum atomic E-state index is -0.586. The van der Waals surface area contributed by atoms with Gasteiger partial charge in [-0.3, -0.25) is 4.79 Å². The van der Waals surface area contributed by atoms with Gasteiger partial charge >= 0.3 is 0 Å². The molecule has 1 N–H and O–H groups in total. The molecule has 1 atom stereocenters. The standard InChI is InChI=1S/C11H13N3O/c1-2-5-9(8-12)11(15)14-10-6-3-4-7-13-10/h3-4,6-7,9H,2,5H2,1H3,(H,13,14,15). The quantitative estimate of drug-likeness (QED) is 0.813. The Morgan fingerprint density at radius 1 is 1.67 bits per heavy atom. The highest BCUT2D eigenvalue weighted by molar-refractivity contribution is 5.93. The van der Waals surface area contributed by atoms with Crippen LogP contribution in [-0.4, -0.2) is 10.9 Å². The fourth-order valence-electron chi connectivity index (χ4n) is 1.19. The molecule has 4 heteroatoms. The van der Waals surface area contributed by atoms with E-state index in [-0.39, 0.29) is 5.91 Å². The Morgan fingerprint density at radius 3 is 3.00 bits per heavy atom. The molecular weight excluding hydrogens is 190 g/mol. The maximum Gasteiger partial charge on any atom is 0.242 e. The van der Waals surface area contributed by atoms with Crippen molar-refractivity contribution in [3.63, 3.8) is 0 Å². The summed E-state index contributed by atoms with van der Waals surface area (Å²) in [7, 11) is 0. The van der Waals surface area contributed by atoms with Crippen LogP contribution in [0.25, 0.3) is 0 Å². The van der Waals surface area contributed by atoms with Crippen LogP contribution in [0, 0.1) is 17.2 Å². The van der Waals surface area contributed by atoms with E-state index in [1.807, 2.05) is 13.0 Å². The molecule has 0 aliphatic carbocycles. The number of nitrogens with zero attached hydrogens (tertiary/aromatic N) is 2. The number of aromatic nitrogens is 1. The first kappa shape index (κ1) is 11.2. The van der Waals surface area contributed by atoms with Crippen molar-refractivity contribution in [3.05, 3.63) is 24.4 Å². The van der Waals surface area contributed by atoms with E-state index in [0.717, 1.165) is 6.42 Å². The fourth-order valence-corrected chi connectivity index (χ4v) is 1.19. The summed E-state index contributed by atoms with van der Waals surface area (Å²) in [5, 5.41) is 11.4. The molecule has 0 radical (unpaired) electrons. The Morgan fingerprint density at radius 2 is 2.47 bits per heavy atom. The molecule has 1 amide bonds. The van der Waals surface area contributed by atoms with Gasteiger partial charge in [0.25, 0.3) is 0 Å². The lowest BCUT2D eigenvalue weighted by Crippen LogP contribution is -2.21. The number of amides is 1. The summed E-state index contributed by atoms with van der Waals surface area (Å²) in [5.74, 6) is -0.381. The number of hydrogen-bond donors (Lipinski definition) is 1. The van der Waals surface area contributed by atoms with Gasteiger partial charge < -0.3 is 5.32 Å². The summed E-state index contributed by atoms with van der Waals surface area (Å²) in [6.45, 7) is 1.94. The lowest BCUT2D eigenvalue weighted by Gasteiger charge is -2.07. The number of hydrogen-bond acceptors (Lipinski definition) is 3. The van der Waals surface area contributed by atoms with Crippen molar-refractivity contribution in [1.29, 1.82) is 5.26 Å². The maximum absolute atomic E-state index is 11.6. The zero-order valence-corrected chi connectivity index (χ0v) is 8.60. The van der Waals surface area contributed by atoms with Gasteiger partial charge in [0.05, 0.1) is 6.07 Å². The van der Waals surface area contributed by atoms with Gasteiger partial charge in [-0.15, -0.1) is 0 Å². The molecule has 0 saturated carbocycles. The summed E-state index contributed by atoms with van der Waals surface area (Å²) in [6, 6.07) is 7.22. The van der Waals surface area contributed by atoms with Crippen molar-refractivity contribution in [2.24, 2.45) is 5.92 Å². The van der Waals surface area contributed by atoms with E-state index in [9.17, 15) is 4.79 Å². The predicted octanol–water partition coefficient (Wildman–Crippen LogP) is 1.96. The molecule has 0 aliphatic rings.